The van der Waals surface area contributed by atoms with E-state index in [1.165, 1.54) is 18.2 Å². The van der Waals surface area contributed by atoms with E-state index in [4.69, 9.17) is 10.5 Å². The van der Waals surface area contributed by atoms with Crippen molar-refractivity contribution in [3.05, 3.63) is 59.7 Å². The zero-order valence-electron chi connectivity index (χ0n) is 9.95. The third kappa shape index (κ3) is 3.26. The molecular weight excluding hydrogens is 255 g/mol. The number of ether oxygens (including phenoxy) is 1. The first-order valence-electron chi connectivity index (χ1n) is 5.64. The van der Waals surface area contributed by atoms with Crippen molar-refractivity contribution >= 4 is 0 Å². The van der Waals surface area contributed by atoms with Crippen molar-refractivity contribution in [2.45, 2.75) is 12.7 Å². The summed E-state index contributed by atoms with van der Waals surface area (Å²) in [5.41, 5.74) is 5.47. The van der Waals surface area contributed by atoms with Crippen LogP contribution in [0.5, 0.6) is 11.5 Å². The Morgan fingerprint density at radius 2 is 1.74 bits per heavy atom. The van der Waals surface area contributed by atoms with Crippen LogP contribution in [0.25, 0.3) is 0 Å². The molecule has 0 aromatic heterocycles. The summed E-state index contributed by atoms with van der Waals surface area (Å²) in [7, 11) is 0. The van der Waals surface area contributed by atoms with Crippen LogP contribution in [0.2, 0.25) is 0 Å². The van der Waals surface area contributed by atoms with Crippen molar-refractivity contribution in [1.29, 1.82) is 0 Å². The molecule has 0 heterocycles. The summed E-state index contributed by atoms with van der Waals surface area (Å²) in [5.74, 6) is 0.115. The Kier molecular flexibility index (Phi) is 3.76. The largest absolute Gasteiger partial charge is 0.457 e. The normalized spacial score (nSPS) is 11.4. The second-order valence-electron chi connectivity index (χ2n) is 3.95. The van der Waals surface area contributed by atoms with Crippen molar-refractivity contribution in [3.8, 4) is 11.5 Å². The molecule has 0 radical (unpaired) electrons. The highest BCUT2D eigenvalue weighted by molar-refractivity contribution is 5.40. The predicted octanol–water partition coefficient (Wildman–Crippen LogP) is 3.96. The SMILES string of the molecule is NCc1cccc(Oc2ccccc2C(F)(F)F)c1. The molecule has 0 bridgehead atoms. The van der Waals surface area contributed by atoms with E-state index < -0.39 is 11.7 Å². The van der Waals surface area contributed by atoms with Crippen LogP contribution >= 0.6 is 0 Å². The lowest BCUT2D eigenvalue weighted by atomic mass is 10.2. The quantitative estimate of drug-likeness (QED) is 0.913. The Morgan fingerprint density at radius 1 is 1.00 bits per heavy atom. The highest BCUT2D eigenvalue weighted by atomic mass is 19.4. The molecule has 2 rings (SSSR count). The number of rotatable bonds is 3. The summed E-state index contributed by atoms with van der Waals surface area (Å²) in [6, 6.07) is 11.8. The third-order valence-corrected chi connectivity index (χ3v) is 2.55. The van der Waals surface area contributed by atoms with Gasteiger partial charge in [-0.2, -0.15) is 13.2 Å². The van der Waals surface area contributed by atoms with Gasteiger partial charge in [0.15, 0.2) is 0 Å². The molecule has 0 unspecified atom stereocenters. The Morgan fingerprint density at radius 3 is 2.42 bits per heavy atom. The number of hydrogen-bond acceptors (Lipinski definition) is 2. The first-order valence-corrected chi connectivity index (χ1v) is 5.64. The Labute approximate surface area is 108 Å². The van der Waals surface area contributed by atoms with E-state index in [-0.39, 0.29) is 5.75 Å². The highest BCUT2D eigenvalue weighted by Crippen LogP contribution is 2.37. The summed E-state index contributed by atoms with van der Waals surface area (Å²) in [4.78, 5) is 0. The molecule has 0 aliphatic carbocycles. The van der Waals surface area contributed by atoms with Crippen molar-refractivity contribution in [3.63, 3.8) is 0 Å². The van der Waals surface area contributed by atoms with E-state index in [1.54, 1.807) is 24.3 Å². The number of hydrogen-bond donors (Lipinski definition) is 1. The second-order valence-corrected chi connectivity index (χ2v) is 3.95. The molecule has 0 amide bonds. The van der Waals surface area contributed by atoms with E-state index in [2.05, 4.69) is 0 Å². The van der Waals surface area contributed by atoms with Crippen molar-refractivity contribution in [1.82, 2.24) is 0 Å². The van der Waals surface area contributed by atoms with Gasteiger partial charge in [0.1, 0.15) is 11.5 Å². The summed E-state index contributed by atoms with van der Waals surface area (Å²) < 4.78 is 43.7. The van der Waals surface area contributed by atoms with Crippen LogP contribution in [0, 0.1) is 0 Å². The zero-order chi connectivity index (χ0) is 13.9. The average molecular weight is 267 g/mol. The van der Waals surface area contributed by atoms with Crippen LogP contribution in [-0.2, 0) is 12.7 Å². The first-order chi connectivity index (χ1) is 9.00. The van der Waals surface area contributed by atoms with Gasteiger partial charge in [-0.25, -0.2) is 0 Å². The van der Waals surface area contributed by atoms with E-state index in [1.807, 2.05) is 0 Å². The van der Waals surface area contributed by atoms with E-state index in [9.17, 15) is 13.2 Å². The third-order valence-electron chi connectivity index (χ3n) is 2.55. The monoisotopic (exact) mass is 267 g/mol. The number of para-hydroxylation sites is 1. The number of benzene rings is 2. The zero-order valence-corrected chi connectivity index (χ0v) is 9.95. The molecule has 0 aliphatic rings. The molecule has 5 heteroatoms. The Hall–Kier alpha value is -2.01. The molecule has 2 nitrogen and oxygen atoms in total. The summed E-state index contributed by atoms with van der Waals surface area (Å²) in [5, 5.41) is 0. The summed E-state index contributed by atoms with van der Waals surface area (Å²) >= 11 is 0. The molecule has 2 N–H and O–H groups in total. The molecule has 2 aromatic rings. The first kappa shape index (κ1) is 13.4. The molecule has 0 saturated heterocycles. The van der Waals surface area contributed by atoms with E-state index >= 15 is 0 Å². The molecule has 0 spiro atoms. The van der Waals surface area contributed by atoms with Gasteiger partial charge in [0.05, 0.1) is 5.56 Å². The topological polar surface area (TPSA) is 35.2 Å². The molecule has 0 aliphatic heterocycles. The van der Waals surface area contributed by atoms with Crippen LogP contribution in [0.1, 0.15) is 11.1 Å². The van der Waals surface area contributed by atoms with E-state index in [0.717, 1.165) is 11.6 Å². The maximum absolute atomic E-state index is 12.8. The summed E-state index contributed by atoms with van der Waals surface area (Å²) in [6.45, 7) is 0.304. The maximum atomic E-state index is 12.8. The average Bonchev–Trinajstić information content (AvgIpc) is 2.38. The lowest BCUT2D eigenvalue weighted by molar-refractivity contribution is -0.138. The van der Waals surface area contributed by atoms with Crippen molar-refractivity contribution in [2.24, 2.45) is 5.73 Å². The number of alkyl halides is 3. The molecule has 19 heavy (non-hydrogen) atoms. The van der Waals surface area contributed by atoms with Crippen LogP contribution in [-0.4, -0.2) is 0 Å². The Balaban J connectivity index is 2.33. The van der Waals surface area contributed by atoms with Crippen molar-refractivity contribution < 1.29 is 17.9 Å². The molecule has 2 aromatic carbocycles. The smallest absolute Gasteiger partial charge is 0.419 e. The molecular formula is C14H12F3NO. The number of halogens is 3. The fourth-order valence-corrected chi connectivity index (χ4v) is 1.65. The minimum Gasteiger partial charge on any atom is -0.457 e. The predicted molar refractivity (Wildman–Crippen MR) is 65.9 cm³/mol. The molecule has 100 valence electrons. The van der Waals surface area contributed by atoms with Crippen LogP contribution < -0.4 is 10.5 Å². The minimum atomic E-state index is -4.44. The molecule has 0 saturated carbocycles. The minimum absolute atomic E-state index is 0.218. The van der Waals surface area contributed by atoms with Gasteiger partial charge >= 0.3 is 6.18 Å². The van der Waals surface area contributed by atoms with E-state index in [0.29, 0.717) is 12.3 Å². The van der Waals surface area contributed by atoms with Gasteiger partial charge in [0, 0.05) is 6.54 Å². The lowest BCUT2D eigenvalue weighted by Crippen LogP contribution is -2.06. The van der Waals surface area contributed by atoms with Gasteiger partial charge in [-0.3, -0.25) is 0 Å². The highest BCUT2D eigenvalue weighted by Gasteiger charge is 2.34. The lowest BCUT2D eigenvalue weighted by Gasteiger charge is -2.13. The maximum Gasteiger partial charge on any atom is 0.419 e. The number of nitrogens with two attached hydrogens (primary N) is 1. The van der Waals surface area contributed by atoms with Crippen LogP contribution in [0.15, 0.2) is 48.5 Å². The van der Waals surface area contributed by atoms with Crippen molar-refractivity contribution in [2.75, 3.05) is 0 Å². The molecule has 0 atom stereocenters. The van der Waals surface area contributed by atoms with Gasteiger partial charge in [0.2, 0.25) is 0 Å². The van der Waals surface area contributed by atoms with Gasteiger partial charge in [0.25, 0.3) is 0 Å². The fraction of sp³-hybridized carbons (Fsp3) is 0.143. The van der Waals surface area contributed by atoms with Gasteiger partial charge in [-0.05, 0) is 29.8 Å². The summed E-state index contributed by atoms with van der Waals surface area (Å²) in [6.07, 6.45) is -4.44. The fourth-order valence-electron chi connectivity index (χ4n) is 1.65. The van der Waals surface area contributed by atoms with Gasteiger partial charge in [-0.1, -0.05) is 24.3 Å². The second kappa shape index (κ2) is 5.32. The Bertz CT molecular complexity index is 567. The standard InChI is InChI=1S/C14H12F3NO/c15-14(16,17)12-6-1-2-7-13(12)19-11-5-3-4-10(8-11)9-18/h1-8H,9,18H2. The van der Waals surface area contributed by atoms with Crippen LogP contribution in [0.4, 0.5) is 13.2 Å². The van der Waals surface area contributed by atoms with Crippen LogP contribution in [0.3, 0.4) is 0 Å². The van der Waals surface area contributed by atoms with Gasteiger partial charge in [-0.15, -0.1) is 0 Å². The molecule has 0 fully saturated rings. The van der Waals surface area contributed by atoms with Gasteiger partial charge < -0.3 is 10.5 Å².